The predicted octanol–water partition coefficient (Wildman–Crippen LogP) is -0.900. The van der Waals surface area contributed by atoms with Gasteiger partial charge >= 0.3 is 5.97 Å². The lowest BCUT2D eigenvalue weighted by molar-refractivity contribution is -0.142. The summed E-state index contributed by atoms with van der Waals surface area (Å²) in [7, 11) is 0. The number of carbonyl (C=O) groups excluding carboxylic acids is 3. The summed E-state index contributed by atoms with van der Waals surface area (Å²) in [4.78, 5) is 57.0. The van der Waals surface area contributed by atoms with Crippen molar-refractivity contribution < 1.29 is 29.4 Å². The molecular formula is C24H34N6O6. The van der Waals surface area contributed by atoms with Gasteiger partial charge < -0.3 is 36.9 Å². The van der Waals surface area contributed by atoms with Gasteiger partial charge in [-0.25, -0.2) is 9.78 Å². The Hall–Kier alpha value is -3.77. The fourth-order valence-corrected chi connectivity index (χ4v) is 3.48. The maximum Gasteiger partial charge on any atom is 0.326 e. The minimum absolute atomic E-state index is 0.0121. The number of imidazole rings is 1. The fourth-order valence-electron chi connectivity index (χ4n) is 3.48. The molecule has 0 bridgehead atoms. The van der Waals surface area contributed by atoms with Crippen LogP contribution in [0.25, 0.3) is 0 Å². The average Bonchev–Trinajstić information content (AvgIpc) is 3.35. The van der Waals surface area contributed by atoms with E-state index in [2.05, 4.69) is 25.9 Å². The first-order valence-corrected chi connectivity index (χ1v) is 11.6. The maximum absolute atomic E-state index is 13.2. The monoisotopic (exact) mass is 502 g/mol. The number of carboxylic acid groups (broad SMARTS) is 1. The minimum Gasteiger partial charge on any atom is -0.480 e. The Balaban J connectivity index is 2.19. The molecule has 0 aliphatic rings. The second-order valence-corrected chi connectivity index (χ2v) is 8.91. The van der Waals surface area contributed by atoms with Gasteiger partial charge in [0.2, 0.25) is 17.7 Å². The van der Waals surface area contributed by atoms with Gasteiger partial charge in [0.25, 0.3) is 0 Å². The van der Waals surface area contributed by atoms with E-state index in [4.69, 9.17) is 5.73 Å². The van der Waals surface area contributed by atoms with Crippen molar-refractivity contribution in [1.82, 2.24) is 25.9 Å². The van der Waals surface area contributed by atoms with Crippen LogP contribution in [0.4, 0.5) is 0 Å². The van der Waals surface area contributed by atoms with E-state index in [-0.39, 0.29) is 25.2 Å². The Kier molecular flexibility index (Phi) is 11.0. The number of aliphatic hydroxyl groups is 1. The number of carbonyl (C=O) groups is 4. The van der Waals surface area contributed by atoms with Gasteiger partial charge in [0.15, 0.2) is 0 Å². The van der Waals surface area contributed by atoms with Gasteiger partial charge in [0.1, 0.15) is 24.2 Å². The van der Waals surface area contributed by atoms with E-state index in [1.807, 2.05) is 19.9 Å². The molecule has 0 radical (unpaired) electrons. The zero-order valence-electron chi connectivity index (χ0n) is 20.3. The summed E-state index contributed by atoms with van der Waals surface area (Å²) in [5.74, 6) is -3.27. The van der Waals surface area contributed by atoms with Crippen LogP contribution >= 0.6 is 0 Å². The first-order valence-electron chi connectivity index (χ1n) is 11.6. The first kappa shape index (κ1) is 28.5. The van der Waals surface area contributed by atoms with E-state index in [0.717, 1.165) is 5.56 Å². The highest BCUT2D eigenvalue weighted by molar-refractivity contribution is 5.94. The molecule has 3 amide bonds. The van der Waals surface area contributed by atoms with Crippen molar-refractivity contribution in [3.8, 4) is 0 Å². The van der Waals surface area contributed by atoms with Crippen LogP contribution in [0.1, 0.15) is 31.5 Å². The van der Waals surface area contributed by atoms with Crippen LogP contribution in [-0.2, 0) is 32.0 Å². The van der Waals surface area contributed by atoms with E-state index in [1.165, 1.54) is 12.5 Å². The number of nitrogens with one attached hydrogen (secondary N) is 4. The van der Waals surface area contributed by atoms with Crippen molar-refractivity contribution >= 4 is 23.7 Å². The number of benzene rings is 1. The van der Waals surface area contributed by atoms with Gasteiger partial charge in [0, 0.05) is 24.7 Å². The summed E-state index contributed by atoms with van der Waals surface area (Å²) >= 11 is 0. The minimum atomic E-state index is -1.24. The number of H-pyrrole nitrogens is 1. The Morgan fingerprint density at radius 1 is 0.944 bits per heavy atom. The third kappa shape index (κ3) is 9.12. The van der Waals surface area contributed by atoms with Crippen molar-refractivity contribution in [2.75, 3.05) is 6.61 Å². The summed E-state index contributed by atoms with van der Waals surface area (Å²) in [5.41, 5.74) is 6.87. The molecule has 196 valence electrons. The van der Waals surface area contributed by atoms with Crippen LogP contribution in [0.5, 0.6) is 0 Å². The van der Waals surface area contributed by atoms with E-state index < -0.39 is 54.5 Å². The molecular weight excluding hydrogens is 468 g/mol. The number of nitrogens with zero attached hydrogens (tertiary/aromatic N) is 1. The van der Waals surface area contributed by atoms with E-state index in [0.29, 0.717) is 5.69 Å². The molecule has 12 nitrogen and oxygen atoms in total. The molecule has 2 rings (SSSR count). The van der Waals surface area contributed by atoms with E-state index in [1.54, 1.807) is 24.3 Å². The zero-order chi connectivity index (χ0) is 26.7. The molecule has 4 unspecified atom stereocenters. The molecule has 0 aliphatic carbocycles. The largest absolute Gasteiger partial charge is 0.480 e. The second-order valence-electron chi connectivity index (χ2n) is 8.91. The highest BCUT2D eigenvalue weighted by atomic mass is 16.4. The number of aromatic amines is 1. The maximum atomic E-state index is 13.2. The van der Waals surface area contributed by atoms with Gasteiger partial charge in [-0.3, -0.25) is 14.4 Å². The molecule has 1 aromatic heterocycles. The normalized spacial score (nSPS) is 14.4. The molecule has 4 atom stereocenters. The highest BCUT2D eigenvalue weighted by Gasteiger charge is 2.31. The lowest BCUT2D eigenvalue weighted by Crippen LogP contribution is -2.58. The number of hydrogen-bond donors (Lipinski definition) is 7. The second kappa shape index (κ2) is 14.0. The average molecular weight is 503 g/mol. The SMILES string of the molecule is CC(C)CC(NC(=O)C(Cc1ccccc1)NC(=O)C(N)CO)C(=O)NC(Cc1cnc[nH]1)C(=O)O. The molecule has 1 aromatic carbocycles. The third-order valence-electron chi connectivity index (χ3n) is 5.38. The summed E-state index contributed by atoms with van der Waals surface area (Å²) in [6.45, 7) is 3.11. The Labute approximate surface area is 209 Å². The zero-order valence-corrected chi connectivity index (χ0v) is 20.3. The van der Waals surface area contributed by atoms with E-state index in [9.17, 15) is 29.4 Å². The number of rotatable bonds is 14. The van der Waals surface area contributed by atoms with Crippen LogP contribution < -0.4 is 21.7 Å². The summed E-state index contributed by atoms with van der Waals surface area (Å²) in [6.07, 6.45) is 3.20. The van der Waals surface area contributed by atoms with E-state index >= 15 is 0 Å². The molecule has 2 aromatic rings. The molecule has 8 N–H and O–H groups in total. The van der Waals surface area contributed by atoms with Gasteiger partial charge in [-0.05, 0) is 17.9 Å². The van der Waals surface area contributed by atoms with Gasteiger partial charge in [-0.2, -0.15) is 0 Å². The van der Waals surface area contributed by atoms with Crippen molar-refractivity contribution in [3.63, 3.8) is 0 Å². The van der Waals surface area contributed by atoms with Crippen molar-refractivity contribution in [2.24, 2.45) is 11.7 Å². The van der Waals surface area contributed by atoms with Crippen LogP contribution in [0.3, 0.4) is 0 Å². The third-order valence-corrected chi connectivity index (χ3v) is 5.38. The number of carboxylic acids is 1. The molecule has 12 heteroatoms. The summed E-state index contributed by atoms with van der Waals surface area (Å²) in [5, 5.41) is 26.4. The number of amides is 3. The summed E-state index contributed by atoms with van der Waals surface area (Å²) < 4.78 is 0. The molecule has 0 saturated heterocycles. The number of aromatic nitrogens is 2. The lowest BCUT2D eigenvalue weighted by atomic mass is 10.0. The van der Waals surface area contributed by atoms with Crippen LogP contribution in [-0.4, -0.2) is 74.6 Å². The molecule has 0 spiro atoms. The smallest absolute Gasteiger partial charge is 0.326 e. The van der Waals surface area contributed by atoms with Crippen LogP contribution in [0, 0.1) is 5.92 Å². The highest BCUT2D eigenvalue weighted by Crippen LogP contribution is 2.09. The van der Waals surface area contributed by atoms with Crippen molar-refractivity contribution in [1.29, 1.82) is 0 Å². The summed E-state index contributed by atoms with van der Waals surface area (Å²) in [6, 6.07) is 4.34. The standard InChI is InChI=1S/C24H34N6O6/c1-14(2)8-18(22(33)30-20(24(35)36)10-16-11-26-13-27-16)29-23(34)19(28-21(32)17(25)12-31)9-15-6-4-3-5-7-15/h3-7,11,13-14,17-20,31H,8-10,12,25H2,1-2H3,(H,26,27)(H,28,32)(H,29,34)(H,30,33)(H,35,36). The predicted molar refractivity (Wildman–Crippen MR) is 130 cm³/mol. The number of aliphatic hydroxyl groups excluding tert-OH is 1. The molecule has 0 fully saturated rings. The first-order chi connectivity index (χ1) is 17.1. The Morgan fingerprint density at radius 2 is 1.56 bits per heavy atom. The van der Waals surface area contributed by atoms with Gasteiger partial charge in [0.05, 0.1) is 12.9 Å². The lowest BCUT2D eigenvalue weighted by Gasteiger charge is -2.26. The molecule has 0 saturated carbocycles. The Bertz CT molecular complexity index is 998. The van der Waals surface area contributed by atoms with Crippen molar-refractivity contribution in [3.05, 3.63) is 54.1 Å². The topological polar surface area (TPSA) is 200 Å². The fraction of sp³-hybridized carbons (Fsp3) is 0.458. The number of hydrogen-bond acceptors (Lipinski definition) is 7. The number of nitrogens with two attached hydrogens (primary N) is 1. The van der Waals surface area contributed by atoms with Crippen LogP contribution in [0.15, 0.2) is 42.9 Å². The molecule has 0 aliphatic heterocycles. The van der Waals surface area contributed by atoms with Gasteiger partial charge in [-0.15, -0.1) is 0 Å². The Morgan fingerprint density at radius 3 is 2.11 bits per heavy atom. The molecule has 36 heavy (non-hydrogen) atoms. The van der Waals surface area contributed by atoms with Crippen LogP contribution in [0.2, 0.25) is 0 Å². The molecule has 1 heterocycles. The number of aliphatic carboxylic acids is 1. The van der Waals surface area contributed by atoms with Gasteiger partial charge in [-0.1, -0.05) is 44.2 Å². The quantitative estimate of drug-likeness (QED) is 0.172. The van der Waals surface area contributed by atoms with Crippen molar-refractivity contribution in [2.45, 2.75) is 57.3 Å².